The molecule has 19 heavy (non-hydrogen) atoms. The molecule has 1 heterocycles. The lowest BCUT2D eigenvalue weighted by atomic mass is 10.1. The molecule has 0 aliphatic rings. The highest BCUT2D eigenvalue weighted by molar-refractivity contribution is 7.99. The largest absolute Gasteiger partial charge is 0.334 e. The topological polar surface area (TPSA) is 64.9 Å². The third kappa shape index (κ3) is 3.81. The van der Waals surface area contributed by atoms with Crippen molar-refractivity contribution in [3.8, 4) is 11.5 Å². The second-order valence-corrected chi connectivity index (χ2v) is 5.87. The minimum atomic E-state index is 0.543. The van der Waals surface area contributed by atoms with Crippen LogP contribution < -0.4 is 5.73 Å². The zero-order chi connectivity index (χ0) is 13.7. The Morgan fingerprint density at radius 2 is 2.05 bits per heavy atom. The Bertz CT molecular complexity index is 510. The van der Waals surface area contributed by atoms with E-state index in [2.05, 4.69) is 24.0 Å². The number of nitrogens with two attached hydrogens (primary N) is 1. The van der Waals surface area contributed by atoms with Gasteiger partial charge in [0.25, 0.3) is 5.89 Å². The molecule has 0 spiro atoms. The van der Waals surface area contributed by atoms with E-state index in [4.69, 9.17) is 10.3 Å². The fourth-order valence-electron chi connectivity index (χ4n) is 1.55. The van der Waals surface area contributed by atoms with E-state index in [1.165, 1.54) is 0 Å². The summed E-state index contributed by atoms with van der Waals surface area (Å²) in [4.78, 5) is 4.41. The van der Waals surface area contributed by atoms with Crippen LogP contribution in [0.25, 0.3) is 11.5 Å². The molecule has 0 aliphatic carbocycles. The molecular formula is C14H19N3OS. The maximum atomic E-state index is 5.57. The van der Waals surface area contributed by atoms with Gasteiger partial charge in [0.05, 0.1) is 5.75 Å². The van der Waals surface area contributed by atoms with Crippen molar-refractivity contribution in [2.75, 3.05) is 0 Å². The molecule has 0 fully saturated rings. The van der Waals surface area contributed by atoms with Gasteiger partial charge in [0.15, 0.2) is 5.82 Å². The van der Waals surface area contributed by atoms with E-state index < -0.39 is 0 Å². The van der Waals surface area contributed by atoms with E-state index in [1.807, 2.05) is 36.0 Å². The zero-order valence-electron chi connectivity index (χ0n) is 11.3. The van der Waals surface area contributed by atoms with E-state index >= 15 is 0 Å². The van der Waals surface area contributed by atoms with Gasteiger partial charge in [-0.1, -0.05) is 31.1 Å². The van der Waals surface area contributed by atoms with Crippen LogP contribution in [0.4, 0.5) is 0 Å². The molecule has 1 unspecified atom stereocenters. The van der Waals surface area contributed by atoms with Crippen LogP contribution in [0, 0.1) is 0 Å². The minimum absolute atomic E-state index is 0.543. The lowest BCUT2D eigenvalue weighted by molar-refractivity contribution is 0.425. The molecule has 1 atom stereocenters. The van der Waals surface area contributed by atoms with Crippen LogP contribution in [-0.2, 0) is 12.3 Å². The van der Waals surface area contributed by atoms with Gasteiger partial charge < -0.3 is 10.3 Å². The summed E-state index contributed by atoms with van der Waals surface area (Å²) in [6, 6.07) is 7.88. The van der Waals surface area contributed by atoms with Gasteiger partial charge >= 0.3 is 0 Å². The highest BCUT2D eigenvalue weighted by atomic mass is 32.2. The van der Waals surface area contributed by atoms with Crippen LogP contribution in [0.3, 0.4) is 0 Å². The van der Waals surface area contributed by atoms with Crippen molar-refractivity contribution in [2.45, 2.75) is 37.8 Å². The predicted octanol–water partition coefficient (Wildman–Crippen LogP) is 3.23. The Kier molecular flexibility index (Phi) is 4.99. The summed E-state index contributed by atoms with van der Waals surface area (Å²) in [5.74, 6) is 2.12. The molecule has 2 rings (SSSR count). The quantitative estimate of drug-likeness (QED) is 0.878. The molecule has 102 valence electrons. The van der Waals surface area contributed by atoms with E-state index in [0.717, 1.165) is 29.1 Å². The first-order chi connectivity index (χ1) is 9.22. The molecule has 5 heteroatoms. The molecule has 0 radical (unpaired) electrons. The normalized spacial score (nSPS) is 12.6. The summed E-state index contributed by atoms with van der Waals surface area (Å²) in [6.07, 6.45) is 1.15. The molecule has 0 saturated carbocycles. The van der Waals surface area contributed by atoms with E-state index in [0.29, 0.717) is 17.7 Å². The Morgan fingerprint density at radius 3 is 2.68 bits per heavy atom. The molecular weight excluding hydrogens is 258 g/mol. The number of hydrogen-bond acceptors (Lipinski definition) is 5. The molecule has 4 nitrogen and oxygen atoms in total. The van der Waals surface area contributed by atoms with Gasteiger partial charge in [-0.05, 0) is 24.1 Å². The maximum absolute atomic E-state index is 5.57. The Hall–Kier alpha value is -1.33. The predicted molar refractivity (Wildman–Crippen MR) is 78.7 cm³/mol. The molecule has 1 aromatic carbocycles. The molecule has 2 aromatic rings. The molecule has 0 amide bonds. The van der Waals surface area contributed by atoms with Crippen LogP contribution in [0.2, 0.25) is 0 Å². The number of thioether (sulfide) groups is 1. The van der Waals surface area contributed by atoms with Crippen molar-refractivity contribution in [1.29, 1.82) is 0 Å². The fourth-order valence-corrected chi connectivity index (χ4v) is 2.33. The Balaban J connectivity index is 2.03. The van der Waals surface area contributed by atoms with Crippen LogP contribution in [0.15, 0.2) is 28.8 Å². The standard InChI is InChI=1S/C14H19N3OS/c1-3-10(2)19-9-13-16-14(18-17-13)12-6-4-11(8-15)5-7-12/h4-7,10H,3,8-9,15H2,1-2H3. The van der Waals surface area contributed by atoms with Crippen molar-refractivity contribution in [2.24, 2.45) is 5.73 Å². The van der Waals surface area contributed by atoms with Gasteiger partial charge in [0.2, 0.25) is 0 Å². The SMILES string of the molecule is CCC(C)SCc1noc(-c2ccc(CN)cc2)n1. The molecule has 0 bridgehead atoms. The monoisotopic (exact) mass is 277 g/mol. The third-order valence-electron chi connectivity index (χ3n) is 2.98. The van der Waals surface area contributed by atoms with E-state index in [-0.39, 0.29) is 0 Å². The van der Waals surface area contributed by atoms with Gasteiger partial charge in [-0.15, -0.1) is 0 Å². The van der Waals surface area contributed by atoms with Gasteiger partial charge in [-0.2, -0.15) is 16.7 Å². The summed E-state index contributed by atoms with van der Waals surface area (Å²) in [7, 11) is 0. The molecule has 0 saturated heterocycles. The Labute approximate surface area is 117 Å². The number of hydrogen-bond donors (Lipinski definition) is 1. The maximum Gasteiger partial charge on any atom is 0.257 e. The number of aromatic nitrogens is 2. The summed E-state index contributed by atoms with van der Waals surface area (Å²) in [6.45, 7) is 4.93. The first-order valence-corrected chi connectivity index (χ1v) is 7.51. The van der Waals surface area contributed by atoms with Gasteiger partial charge in [-0.25, -0.2) is 0 Å². The molecule has 2 N–H and O–H groups in total. The average Bonchev–Trinajstić information content (AvgIpc) is 2.93. The smallest absolute Gasteiger partial charge is 0.257 e. The fraction of sp³-hybridized carbons (Fsp3) is 0.429. The highest BCUT2D eigenvalue weighted by Gasteiger charge is 2.10. The summed E-state index contributed by atoms with van der Waals surface area (Å²) in [5.41, 5.74) is 7.60. The van der Waals surface area contributed by atoms with Crippen molar-refractivity contribution in [3.63, 3.8) is 0 Å². The van der Waals surface area contributed by atoms with Gasteiger partial charge in [0.1, 0.15) is 0 Å². The second kappa shape index (κ2) is 6.73. The first-order valence-electron chi connectivity index (χ1n) is 6.46. The van der Waals surface area contributed by atoms with Crippen molar-refractivity contribution < 1.29 is 4.52 Å². The third-order valence-corrected chi connectivity index (χ3v) is 4.30. The van der Waals surface area contributed by atoms with Crippen molar-refractivity contribution >= 4 is 11.8 Å². The van der Waals surface area contributed by atoms with Crippen LogP contribution in [0.5, 0.6) is 0 Å². The van der Waals surface area contributed by atoms with E-state index in [1.54, 1.807) is 0 Å². The summed E-state index contributed by atoms with van der Waals surface area (Å²) < 4.78 is 5.28. The van der Waals surface area contributed by atoms with Crippen molar-refractivity contribution in [3.05, 3.63) is 35.7 Å². The van der Waals surface area contributed by atoms with Crippen LogP contribution >= 0.6 is 11.8 Å². The Morgan fingerprint density at radius 1 is 1.32 bits per heavy atom. The lowest BCUT2D eigenvalue weighted by Gasteiger charge is -2.04. The second-order valence-electron chi connectivity index (χ2n) is 4.45. The van der Waals surface area contributed by atoms with E-state index in [9.17, 15) is 0 Å². The molecule has 1 aromatic heterocycles. The highest BCUT2D eigenvalue weighted by Crippen LogP contribution is 2.21. The average molecular weight is 277 g/mol. The summed E-state index contributed by atoms with van der Waals surface area (Å²) in [5, 5.41) is 4.63. The molecule has 0 aliphatic heterocycles. The van der Waals surface area contributed by atoms with Crippen LogP contribution in [0.1, 0.15) is 31.7 Å². The van der Waals surface area contributed by atoms with Crippen molar-refractivity contribution in [1.82, 2.24) is 10.1 Å². The minimum Gasteiger partial charge on any atom is -0.334 e. The zero-order valence-corrected chi connectivity index (χ0v) is 12.1. The van der Waals surface area contributed by atoms with Crippen LogP contribution in [-0.4, -0.2) is 15.4 Å². The summed E-state index contributed by atoms with van der Waals surface area (Å²) >= 11 is 1.84. The van der Waals surface area contributed by atoms with Gasteiger partial charge in [-0.3, -0.25) is 0 Å². The number of nitrogens with zero attached hydrogens (tertiary/aromatic N) is 2. The first kappa shape index (κ1) is 14.1. The number of rotatable bonds is 6. The lowest BCUT2D eigenvalue weighted by Crippen LogP contribution is -1.95. The van der Waals surface area contributed by atoms with Gasteiger partial charge in [0, 0.05) is 17.4 Å². The number of benzene rings is 1.